The molecule has 0 amide bonds. The van der Waals surface area contributed by atoms with E-state index in [9.17, 15) is 18.3 Å². The first kappa shape index (κ1) is 14.8. The normalized spacial score (nSPS) is 18.6. The van der Waals surface area contributed by atoms with Gasteiger partial charge in [0.15, 0.2) is 0 Å². The average molecular weight is 297 g/mol. The van der Waals surface area contributed by atoms with Gasteiger partial charge in [-0.1, -0.05) is 18.2 Å². The van der Waals surface area contributed by atoms with E-state index in [2.05, 4.69) is 0 Å². The third kappa shape index (κ3) is 3.72. The van der Waals surface area contributed by atoms with E-state index in [1.54, 1.807) is 0 Å². The Morgan fingerprint density at radius 2 is 2.10 bits per heavy atom. The molecule has 1 heterocycles. The van der Waals surface area contributed by atoms with Crippen molar-refractivity contribution in [1.82, 2.24) is 0 Å². The van der Waals surface area contributed by atoms with Crippen molar-refractivity contribution in [2.24, 2.45) is 5.92 Å². The Balaban J connectivity index is 2.12. The molecule has 0 spiro atoms. The SMILES string of the molecule is CS(=O)(=O)CCCN1CC(C(=O)O)Cc2ccccc21. The molecule has 1 aromatic rings. The van der Waals surface area contributed by atoms with E-state index in [0.29, 0.717) is 25.9 Å². The van der Waals surface area contributed by atoms with E-state index >= 15 is 0 Å². The molecular weight excluding hydrogens is 278 g/mol. The fourth-order valence-corrected chi connectivity index (χ4v) is 3.23. The third-order valence-corrected chi connectivity index (χ3v) is 4.56. The smallest absolute Gasteiger partial charge is 0.308 e. The highest BCUT2D eigenvalue weighted by Gasteiger charge is 2.28. The van der Waals surface area contributed by atoms with Gasteiger partial charge in [-0.25, -0.2) is 8.42 Å². The lowest BCUT2D eigenvalue weighted by atomic mass is 9.92. The summed E-state index contributed by atoms with van der Waals surface area (Å²) in [6, 6.07) is 7.73. The molecule has 0 bridgehead atoms. The van der Waals surface area contributed by atoms with Gasteiger partial charge < -0.3 is 10.0 Å². The quantitative estimate of drug-likeness (QED) is 0.883. The average Bonchev–Trinajstić information content (AvgIpc) is 2.36. The molecule has 1 aliphatic heterocycles. The molecule has 0 aromatic heterocycles. The zero-order valence-electron chi connectivity index (χ0n) is 11.4. The van der Waals surface area contributed by atoms with Crippen LogP contribution in [-0.4, -0.2) is 44.6 Å². The molecule has 6 heteroatoms. The van der Waals surface area contributed by atoms with Crippen LogP contribution in [0.4, 0.5) is 5.69 Å². The minimum atomic E-state index is -2.98. The maximum Gasteiger partial charge on any atom is 0.308 e. The van der Waals surface area contributed by atoms with Crippen molar-refractivity contribution in [2.75, 3.05) is 30.0 Å². The number of hydrogen-bond donors (Lipinski definition) is 1. The second kappa shape index (κ2) is 5.83. The van der Waals surface area contributed by atoms with Crippen LogP contribution in [0.25, 0.3) is 0 Å². The zero-order valence-corrected chi connectivity index (χ0v) is 12.3. The molecule has 0 aliphatic carbocycles. The number of hydrogen-bond acceptors (Lipinski definition) is 4. The van der Waals surface area contributed by atoms with Crippen molar-refractivity contribution in [3.8, 4) is 0 Å². The van der Waals surface area contributed by atoms with Crippen molar-refractivity contribution in [2.45, 2.75) is 12.8 Å². The monoisotopic (exact) mass is 297 g/mol. The summed E-state index contributed by atoms with van der Waals surface area (Å²) in [5, 5.41) is 9.21. The van der Waals surface area contributed by atoms with Gasteiger partial charge in [0.1, 0.15) is 9.84 Å². The van der Waals surface area contributed by atoms with Gasteiger partial charge in [-0.2, -0.15) is 0 Å². The Labute approximate surface area is 119 Å². The van der Waals surface area contributed by atoms with Crippen molar-refractivity contribution in [3.05, 3.63) is 29.8 Å². The number of carboxylic acid groups (broad SMARTS) is 1. The molecule has 1 aromatic carbocycles. The molecule has 110 valence electrons. The molecule has 0 radical (unpaired) electrons. The molecule has 20 heavy (non-hydrogen) atoms. The molecule has 1 N–H and O–H groups in total. The molecule has 1 unspecified atom stereocenters. The fourth-order valence-electron chi connectivity index (χ4n) is 2.58. The van der Waals surface area contributed by atoms with Crippen molar-refractivity contribution in [1.29, 1.82) is 0 Å². The number of para-hydroxylation sites is 1. The van der Waals surface area contributed by atoms with Crippen molar-refractivity contribution >= 4 is 21.5 Å². The van der Waals surface area contributed by atoms with Crippen LogP contribution in [0.15, 0.2) is 24.3 Å². The summed E-state index contributed by atoms with van der Waals surface area (Å²) in [6.07, 6.45) is 2.27. The largest absolute Gasteiger partial charge is 0.481 e. The number of fused-ring (bicyclic) bond motifs is 1. The number of nitrogens with zero attached hydrogens (tertiary/aromatic N) is 1. The van der Waals surface area contributed by atoms with Crippen LogP contribution in [0, 0.1) is 5.92 Å². The van der Waals surface area contributed by atoms with Crippen LogP contribution >= 0.6 is 0 Å². The summed E-state index contributed by atoms with van der Waals surface area (Å²) in [4.78, 5) is 13.2. The summed E-state index contributed by atoms with van der Waals surface area (Å²) >= 11 is 0. The Bertz CT molecular complexity index is 597. The molecule has 2 rings (SSSR count). The van der Waals surface area contributed by atoms with Crippen molar-refractivity contribution < 1.29 is 18.3 Å². The van der Waals surface area contributed by atoms with Gasteiger partial charge in [-0.05, 0) is 24.5 Å². The third-order valence-electron chi connectivity index (χ3n) is 3.53. The van der Waals surface area contributed by atoms with Crippen LogP contribution in [0.2, 0.25) is 0 Å². The first-order valence-electron chi connectivity index (χ1n) is 6.60. The van der Waals surface area contributed by atoms with E-state index in [0.717, 1.165) is 11.3 Å². The van der Waals surface area contributed by atoms with Crippen LogP contribution in [-0.2, 0) is 21.1 Å². The van der Waals surface area contributed by atoms with Gasteiger partial charge in [-0.15, -0.1) is 0 Å². The van der Waals surface area contributed by atoms with E-state index in [1.165, 1.54) is 6.26 Å². The molecule has 0 saturated heterocycles. The Kier molecular flexibility index (Phi) is 4.32. The van der Waals surface area contributed by atoms with E-state index in [1.807, 2.05) is 29.2 Å². The maximum atomic E-state index is 11.2. The summed E-state index contributed by atoms with van der Waals surface area (Å²) < 4.78 is 22.4. The van der Waals surface area contributed by atoms with Crippen LogP contribution < -0.4 is 4.90 Å². The van der Waals surface area contributed by atoms with Crippen LogP contribution in [0.5, 0.6) is 0 Å². The van der Waals surface area contributed by atoms with Crippen molar-refractivity contribution in [3.63, 3.8) is 0 Å². The summed E-state index contributed by atoms with van der Waals surface area (Å²) in [6.45, 7) is 1.00. The lowest BCUT2D eigenvalue weighted by Gasteiger charge is -2.34. The summed E-state index contributed by atoms with van der Waals surface area (Å²) in [7, 11) is -2.98. The van der Waals surface area contributed by atoms with Gasteiger partial charge in [0.2, 0.25) is 0 Å². The number of benzene rings is 1. The standard InChI is InChI=1S/C14H19NO4S/c1-20(18,19)8-4-7-15-10-12(14(16)17)9-11-5-2-3-6-13(11)15/h2-3,5-6,12H,4,7-10H2,1H3,(H,16,17). The molecule has 1 atom stereocenters. The number of rotatable bonds is 5. The summed E-state index contributed by atoms with van der Waals surface area (Å²) in [5.74, 6) is -1.10. The van der Waals surface area contributed by atoms with Gasteiger partial charge in [0.05, 0.1) is 11.7 Å². The Hall–Kier alpha value is -1.56. The van der Waals surface area contributed by atoms with Gasteiger partial charge >= 0.3 is 5.97 Å². The van der Waals surface area contributed by atoms with E-state index in [4.69, 9.17) is 0 Å². The number of sulfone groups is 1. The number of aliphatic carboxylic acids is 1. The molecule has 5 nitrogen and oxygen atoms in total. The number of carbonyl (C=O) groups is 1. The minimum absolute atomic E-state index is 0.128. The van der Waals surface area contributed by atoms with Gasteiger partial charge in [-0.3, -0.25) is 4.79 Å². The second-order valence-corrected chi connectivity index (χ2v) is 7.56. The summed E-state index contributed by atoms with van der Waals surface area (Å²) in [5.41, 5.74) is 2.05. The number of carboxylic acids is 1. The van der Waals surface area contributed by atoms with E-state index in [-0.39, 0.29) is 5.75 Å². The molecule has 0 fully saturated rings. The lowest BCUT2D eigenvalue weighted by molar-refractivity contribution is -0.141. The van der Waals surface area contributed by atoms with Gasteiger partial charge in [0.25, 0.3) is 0 Å². The Morgan fingerprint density at radius 1 is 1.40 bits per heavy atom. The molecule has 0 saturated carbocycles. The number of anilines is 1. The highest BCUT2D eigenvalue weighted by molar-refractivity contribution is 7.90. The predicted octanol–water partition coefficient (Wildman–Crippen LogP) is 1.18. The lowest BCUT2D eigenvalue weighted by Crippen LogP contribution is -2.39. The molecule has 1 aliphatic rings. The zero-order chi connectivity index (χ0) is 14.8. The maximum absolute atomic E-state index is 11.2. The predicted molar refractivity (Wildman–Crippen MR) is 77.8 cm³/mol. The van der Waals surface area contributed by atoms with Gasteiger partial charge in [0, 0.05) is 25.0 Å². The Morgan fingerprint density at radius 3 is 2.75 bits per heavy atom. The highest BCUT2D eigenvalue weighted by Crippen LogP contribution is 2.29. The second-order valence-electron chi connectivity index (χ2n) is 5.30. The first-order chi connectivity index (χ1) is 9.37. The minimum Gasteiger partial charge on any atom is -0.481 e. The first-order valence-corrected chi connectivity index (χ1v) is 8.66. The highest BCUT2D eigenvalue weighted by atomic mass is 32.2. The van der Waals surface area contributed by atoms with Crippen LogP contribution in [0.3, 0.4) is 0 Å². The fraction of sp³-hybridized carbons (Fsp3) is 0.500. The van der Waals surface area contributed by atoms with E-state index < -0.39 is 21.7 Å². The topological polar surface area (TPSA) is 74.7 Å². The molecular formula is C14H19NO4S. The van der Waals surface area contributed by atoms with Crippen LogP contribution in [0.1, 0.15) is 12.0 Å².